The van der Waals surface area contributed by atoms with E-state index in [0.29, 0.717) is 11.6 Å². The first-order chi connectivity index (χ1) is 6.95. The van der Waals surface area contributed by atoms with Crippen LogP contribution in [0.1, 0.15) is 11.1 Å². The van der Waals surface area contributed by atoms with Gasteiger partial charge in [0.2, 0.25) is 0 Å². The van der Waals surface area contributed by atoms with Crippen LogP contribution >= 0.6 is 0 Å². The van der Waals surface area contributed by atoms with Crippen LogP contribution in [0.2, 0.25) is 0 Å². The summed E-state index contributed by atoms with van der Waals surface area (Å²) >= 11 is 0. The zero-order chi connectivity index (χ0) is 11.5. The number of nitrogens with one attached hydrogen (secondary N) is 1. The molecule has 0 atom stereocenters. The molecule has 0 amide bonds. The van der Waals surface area contributed by atoms with Crippen LogP contribution in [0.5, 0.6) is 0 Å². The number of alkyl halides is 3. The van der Waals surface area contributed by atoms with Crippen molar-refractivity contribution in [3.8, 4) is 0 Å². The molecule has 6 heteroatoms. The lowest BCUT2D eigenvalue weighted by molar-refractivity contribution is -0.140. The van der Waals surface area contributed by atoms with E-state index < -0.39 is 17.6 Å². The largest absolute Gasteiger partial charge is 0.419 e. The molecule has 0 unspecified atom stereocenters. The number of rotatable bonds is 3. The fraction of sp³-hybridized carbons (Fsp3) is 0.333. The van der Waals surface area contributed by atoms with Gasteiger partial charge in [-0.25, -0.2) is 4.39 Å². The highest BCUT2D eigenvalue weighted by Crippen LogP contribution is 2.31. The molecule has 0 heterocycles. The van der Waals surface area contributed by atoms with Crippen molar-refractivity contribution in [1.29, 1.82) is 0 Å². The van der Waals surface area contributed by atoms with Crippen molar-refractivity contribution < 1.29 is 22.7 Å². The molecule has 0 aliphatic heterocycles. The zero-order valence-electron chi connectivity index (χ0n) is 7.61. The van der Waals surface area contributed by atoms with Crippen LogP contribution in [0, 0.1) is 5.82 Å². The van der Waals surface area contributed by atoms with Gasteiger partial charge in [0.25, 0.3) is 0 Å². The Bertz CT molecular complexity index is 337. The third-order valence-electron chi connectivity index (χ3n) is 1.78. The lowest BCUT2D eigenvalue weighted by Crippen LogP contribution is -2.15. The van der Waals surface area contributed by atoms with Gasteiger partial charge in [-0.3, -0.25) is 5.32 Å². The Hall–Kier alpha value is -1.14. The molecule has 1 aromatic carbocycles. The van der Waals surface area contributed by atoms with Gasteiger partial charge in [-0.05, 0) is 17.7 Å². The molecule has 0 saturated carbocycles. The SMILES string of the molecule is OCNCc1ccc(C(F)(F)F)c(F)c1. The number of aliphatic hydroxyl groups excluding tert-OH is 1. The summed E-state index contributed by atoms with van der Waals surface area (Å²) in [6, 6.07) is 2.64. The second-order valence-electron chi connectivity index (χ2n) is 2.90. The molecule has 0 aliphatic rings. The van der Waals surface area contributed by atoms with E-state index in [0.717, 1.165) is 12.1 Å². The number of hydrogen-bond acceptors (Lipinski definition) is 2. The average Bonchev–Trinajstić information content (AvgIpc) is 2.12. The van der Waals surface area contributed by atoms with Crippen LogP contribution in [0.25, 0.3) is 0 Å². The fourth-order valence-electron chi connectivity index (χ4n) is 1.10. The van der Waals surface area contributed by atoms with E-state index in [1.807, 2.05) is 0 Å². The van der Waals surface area contributed by atoms with Crippen molar-refractivity contribution in [2.75, 3.05) is 6.73 Å². The Labute approximate surface area is 83.5 Å². The zero-order valence-corrected chi connectivity index (χ0v) is 7.61. The maximum absolute atomic E-state index is 13.0. The van der Waals surface area contributed by atoms with Gasteiger partial charge >= 0.3 is 6.18 Å². The molecule has 1 aromatic rings. The number of aliphatic hydroxyl groups is 1. The molecular formula is C9H9F4NO. The van der Waals surface area contributed by atoms with Crippen LogP contribution < -0.4 is 5.32 Å². The van der Waals surface area contributed by atoms with E-state index in [2.05, 4.69) is 5.32 Å². The summed E-state index contributed by atoms with van der Waals surface area (Å²) in [5, 5.41) is 10.9. The third-order valence-corrected chi connectivity index (χ3v) is 1.78. The van der Waals surface area contributed by atoms with Crippen LogP contribution in [-0.4, -0.2) is 11.8 Å². The second kappa shape index (κ2) is 4.59. The number of benzene rings is 1. The van der Waals surface area contributed by atoms with Gasteiger partial charge in [-0.15, -0.1) is 0 Å². The number of halogens is 4. The van der Waals surface area contributed by atoms with E-state index in [4.69, 9.17) is 5.11 Å². The Kier molecular flexibility index (Phi) is 3.65. The van der Waals surface area contributed by atoms with Crippen LogP contribution in [0.3, 0.4) is 0 Å². The molecule has 84 valence electrons. The van der Waals surface area contributed by atoms with Gasteiger partial charge in [-0.2, -0.15) is 13.2 Å². The van der Waals surface area contributed by atoms with Gasteiger partial charge in [-0.1, -0.05) is 6.07 Å². The second-order valence-corrected chi connectivity index (χ2v) is 2.90. The normalized spacial score (nSPS) is 11.8. The fourth-order valence-corrected chi connectivity index (χ4v) is 1.10. The smallest absolute Gasteiger partial charge is 0.381 e. The van der Waals surface area contributed by atoms with Gasteiger partial charge in [0.05, 0.1) is 12.3 Å². The minimum absolute atomic E-state index is 0.117. The van der Waals surface area contributed by atoms with Gasteiger partial charge < -0.3 is 5.11 Å². The highest BCUT2D eigenvalue weighted by molar-refractivity contribution is 5.26. The molecular weight excluding hydrogens is 214 g/mol. The van der Waals surface area contributed by atoms with Gasteiger partial charge in [0.1, 0.15) is 5.82 Å². The molecule has 0 spiro atoms. The summed E-state index contributed by atoms with van der Waals surface area (Å²) in [4.78, 5) is 0. The Morgan fingerprint density at radius 2 is 1.93 bits per heavy atom. The van der Waals surface area contributed by atoms with Crippen molar-refractivity contribution in [2.24, 2.45) is 0 Å². The topological polar surface area (TPSA) is 32.3 Å². The minimum atomic E-state index is -4.67. The standard InChI is InChI=1S/C9H9F4NO/c10-8-3-6(4-14-5-15)1-2-7(8)9(11,12)13/h1-3,14-15H,4-5H2. The third kappa shape index (κ3) is 3.17. The first-order valence-electron chi connectivity index (χ1n) is 4.12. The molecule has 2 nitrogen and oxygen atoms in total. The minimum Gasteiger partial charge on any atom is -0.381 e. The lowest BCUT2D eigenvalue weighted by atomic mass is 10.1. The summed E-state index contributed by atoms with van der Waals surface area (Å²) < 4.78 is 49.4. The molecule has 2 N–H and O–H groups in total. The summed E-state index contributed by atoms with van der Waals surface area (Å²) in [6.07, 6.45) is -4.67. The Morgan fingerprint density at radius 3 is 2.40 bits per heavy atom. The maximum atomic E-state index is 13.0. The molecule has 15 heavy (non-hydrogen) atoms. The Balaban J connectivity index is 2.89. The van der Waals surface area contributed by atoms with Crippen molar-refractivity contribution in [2.45, 2.75) is 12.7 Å². The van der Waals surface area contributed by atoms with Crippen molar-refractivity contribution in [3.63, 3.8) is 0 Å². The van der Waals surface area contributed by atoms with Crippen LogP contribution in [0.4, 0.5) is 17.6 Å². The maximum Gasteiger partial charge on any atom is 0.419 e. The quantitative estimate of drug-likeness (QED) is 0.605. The molecule has 0 aliphatic carbocycles. The summed E-state index contributed by atoms with van der Waals surface area (Å²) in [7, 11) is 0. The summed E-state index contributed by atoms with van der Waals surface area (Å²) in [5.41, 5.74) is -0.940. The van der Waals surface area contributed by atoms with Gasteiger partial charge in [0, 0.05) is 6.54 Å². The van der Waals surface area contributed by atoms with E-state index in [1.54, 1.807) is 0 Å². The van der Waals surface area contributed by atoms with Crippen LogP contribution in [0.15, 0.2) is 18.2 Å². The molecule has 0 fully saturated rings. The molecule has 1 rings (SSSR count). The van der Waals surface area contributed by atoms with E-state index in [9.17, 15) is 17.6 Å². The van der Waals surface area contributed by atoms with Crippen LogP contribution in [-0.2, 0) is 12.7 Å². The van der Waals surface area contributed by atoms with E-state index in [-0.39, 0.29) is 13.3 Å². The Morgan fingerprint density at radius 1 is 1.27 bits per heavy atom. The van der Waals surface area contributed by atoms with Crippen molar-refractivity contribution in [1.82, 2.24) is 5.32 Å². The molecule has 0 bridgehead atoms. The molecule has 0 saturated heterocycles. The lowest BCUT2D eigenvalue weighted by Gasteiger charge is -2.09. The first kappa shape index (κ1) is 11.9. The van der Waals surface area contributed by atoms with Gasteiger partial charge in [0.15, 0.2) is 0 Å². The molecule has 0 radical (unpaired) electrons. The number of hydrogen-bond donors (Lipinski definition) is 2. The van der Waals surface area contributed by atoms with Crippen molar-refractivity contribution >= 4 is 0 Å². The first-order valence-corrected chi connectivity index (χ1v) is 4.12. The summed E-state index contributed by atoms with van der Waals surface area (Å²) in [6.45, 7) is -0.200. The monoisotopic (exact) mass is 223 g/mol. The predicted octanol–water partition coefficient (Wildman–Crippen LogP) is 1.88. The average molecular weight is 223 g/mol. The van der Waals surface area contributed by atoms with E-state index in [1.165, 1.54) is 0 Å². The molecule has 0 aromatic heterocycles. The highest BCUT2D eigenvalue weighted by Gasteiger charge is 2.33. The predicted molar refractivity (Wildman–Crippen MR) is 45.3 cm³/mol. The van der Waals surface area contributed by atoms with Crippen molar-refractivity contribution in [3.05, 3.63) is 35.1 Å². The highest BCUT2D eigenvalue weighted by atomic mass is 19.4. The summed E-state index contributed by atoms with van der Waals surface area (Å²) in [5.74, 6) is -1.31. The van der Waals surface area contributed by atoms with E-state index >= 15 is 0 Å².